The van der Waals surface area contributed by atoms with Gasteiger partial charge < -0.3 is 0 Å². The van der Waals surface area contributed by atoms with E-state index in [0.29, 0.717) is 18.5 Å². The summed E-state index contributed by atoms with van der Waals surface area (Å²) >= 11 is 0. The van der Waals surface area contributed by atoms with E-state index in [2.05, 4.69) is 4.90 Å². The van der Waals surface area contributed by atoms with Crippen molar-refractivity contribution in [2.75, 3.05) is 6.54 Å². The van der Waals surface area contributed by atoms with Gasteiger partial charge in [-0.3, -0.25) is 15.0 Å². The smallest absolute Gasteiger partial charge is 0.274 e. The fourth-order valence-electron chi connectivity index (χ4n) is 3.35. The van der Waals surface area contributed by atoms with E-state index >= 15 is 0 Å². The molecule has 1 aliphatic rings. The fraction of sp³-hybridized carbons (Fsp3) is 0.333. The molecule has 1 heterocycles. The SMILES string of the molecule is O=[N+]([O-])c1ccc(F)cc1CN1CCCC1Cc1cccc(F)c1. The lowest BCUT2D eigenvalue weighted by molar-refractivity contribution is -0.385. The second kappa shape index (κ2) is 7.05. The Bertz CT molecular complexity index is 752. The first kappa shape index (κ1) is 16.5. The van der Waals surface area contributed by atoms with Crippen LogP contribution in [0.2, 0.25) is 0 Å². The normalized spacial score (nSPS) is 18.0. The first-order valence-electron chi connectivity index (χ1n) is 7.94. The average Bonchev–Trinajstić information content (AvgIpc) is 2.94. The van der Waals surface area contributed by atoms with Crippen molar-refractivity contribution in [3.05, 3.63) is 75.3 Å². The van der Waals surface area contributed by atoms with Crippen LogP contribution in [0.1, 0.15) is 24.0 Å². The van der Waals surface area contributed by atoms with Crippen LogP contribution in [0.5, 0.6) is 0 Å². The molecular formula is C18H18F2N2O2. The summed E-state index contributed by atoms with van der Waals surface area (Å²) in [6.07, 6.45) is 2.60. The predicted molar refractivity (Wildman–Crippen MR) is 86.6 cm³/mol. The van der Waals surface area contributed by atoms with Crippen LogP contribution in [-0.4, -0.2) is 22.4 Å². The molecular weight excluding hydrogens is 314 g/mol. The maximum Gasteiger partial charge on any atom is 0.274 e. The minimum absolute atomic E-state index is 0.0622. The van der Waals surface area contributed by atoms with Crippen LogP contribution in [-0.2, 0) is 13.0 Å². The number of halogens is 2. The molecule has 2 aromatic carbocycles. The number of hydrogen-bond donors (Lipinski definition) is 0. The topological polar surface area (TPSA) is 46.4 Å². The molecule has 3 rings (SSSR count). The zero-order chi connectivity index (χ0) is 17.1. The highest BCUT2D eigenvalue weighted by atomic mass is 19.1. The maximum atomic E-state index is 13.5. The number of nitro benzene ring substituents is 1. The molecule has 0 bridgehead atoms. The van der Waals surface area contributed by atoms with Crippen LogP contribution in [0.15, 0.2) is 42.5 Å². The molecule has 6 heteroatoms. The van der Waals surface area contributed by atoms with Crippen molar-refractivity contribution in [3.8, 4) is 0 Å². The summed E-state index contributed by atoms with van der Waals surface area (Å²) in [5, 5.41) is 11.1. The number of likely N-dealkylation sites (tertiary alicyclic amines) is 1. The number of nitrogens with zero attached hydrogens (tertiary/aromatic N) is 2. The highest BCUT2D eigenvalue weighted by Gasteiger charge is 2.27. The largest absolute Gasteiger partial charge is 0.296 e. The van der Waals surface area contributed by atoms with E-state index in [-0.39, 0.29) is 17.5 Å². The van der Waals surface area contributed by atoms with E-state index in [9.17, 15) is 18.9 Å². The standard InChI is InChI=1S/C18H18F2N2O2/c19-15-4-1-3-13(9-15)10-17-5-2-8-21(17)12-14-11-16(20)6-7-18(14)22(23)24/h1,3-4,6-7,9,11,17H,2,5,8,10,12H2. The maximum absolute atomic E-state index is 13.5. The molecule has 0 N–H and O–H groups in total. The van der Waals surface area contributed by atoms with E-state index in [1.54, 1.807) is 6.07 Å². The van der Waals surface area contributed by atoms with E-state index in [1.165, 1.54) is 24.3 Å². The average molecular weight is 332 g/mol. The van der Waals surface area contributed by atoms with Crippen molar-refractivity contribution in [2.45, 2.75) is 31.8 Å². The summed E-state index contributed by atoms with van der Waals surface area (Å²) in [4.78, 5) is 12.8. The molecule has 1 unspecified atom stereocenters. The van der Waals surface area contributed by atoms with Gasteiger partial charge in [-0.25, -0.2) is 8.78 Å². The van der Waals surface area contributed by atoms with Crippen LogP contribution >= 0.6 is 0 Å². The number of hydrogen-bond acceptors (Lipinski definition) is 3. The van der Waals surface area contributed by atoms with Gasteiger partial charge in [0, 0.05) is 24.2 Å². The van der Waals surface area contributed by atoms with Crippen molar-refractivity contribution in [2.24, 2.45) is 0 Å². The zero-order valence-electron chi connectivity index (χ0n) is 13.1. The Balaban J connectivity index is 1.77. The van der Waals surface area contributed by atoms with Gasteiger partial charge in [-0.2, -0.15) is 0 Å². The van der Waals surface area contributed by atoms with Gasteiger partial charge in [-0.15, -0.1) is 0 Å². The highest BCUT2D eigenvalue weighted by Crippen LogP contribution is 2.27. The predicted octanol–water partition coefficient (Wildman–Crippen LogP) is 4.08. The molecule has 4 nitrogen and oxygen atoms in total. The van der Waals surface area contributed by atoms with E-state index < -0.39 is 10.7 Å². The second-order valence-electron chi connectivity index (χ2n) is 6.13. The molecule has 2 aromatic rings. The van der Waals surface area contributed by atoms with Gasteiger partial charge in [-0.05, 0) is 55.6 Å². The molecule has 0 aliphatic carbocycles. The Labute approximate surface area is 138 Å². The fourth-order valence-corrected chi connectivity index (χ4v) is 3.35. The third-order valence-corrected chi connectivity index (χ3v) is 4.47. The van der Waals surface area contributed by atoms with Crippen LogP contribution in [0.3, 0.4) is 0 Å². The Morgan fingerprint density at radius 2 is 1.96 bits per heavy atom. The van der Waals surface area contributed by atoms with Gasteiger partial charge in [0.15, 0.2) is 0 Å². The Morgan fingerprint density at radius 3 is 2.71 bits per heavy atom. The van der Waals surface area contributed by atoms with Gasteiger partial charge in [0.25, 0.3) is 5.69 Å². The molecule has 1 saturated heterocycles. The van der Waals surface area contributed by atoms with E-state index in [4.69, 9.17) is 0 Å². The Kier molecular flexibility index (Phi) is 4.85. The molecule has 1 atom stereocenters. The second-order valence-corrected chi connectivity index (χ2v) is 6.13. The summed E-state index contributed by atoms with van der Waals surface area (Å²) < 4.78 is 26.8. The summed E-state index contributed by atoms with van der Waals surface area (Å²) in [5.41, 5.74) is 1.22. The number of nitro groups is 1. The minimum Gasteiger partial charge on any atom is -0.296 e. The molecule has 0 amide bonds. The monoisotopic (exact) mass is 332 g/mol. The Morgan fingerprint density at radius 1 is 1.17 bits per heavy atom. The highest BCUT2D eigenvalue weighted by molar-refractivity contribution is 5.40. The van der Waals surface area contributed by atoms with Gasteiger partial charge in [-0.1, -0.05) is 12.1 Å². The van der Waals surface area contributed by atoms with Crippen LogP contribution in [0, 0.1) is 21.7 Å². The zero-order valence-corrected chi connectivity index (χ0v) is 13.1. The Hall–Kier alpha value is -2.34. The first-order chi connectivity index (χ1) is 11.5. The van der Waals surface area contributed by atoms with Crippen molar-refractivity contribution < 1.29 is 13.7 Å². The summed E-state index contributed by atoms with van der Waals surface area (Å²) in [6.45, 7) is 1.13. The summed E-state index contributed by atoms with van der Waals surface area (Å²) in [7, 11) is 0. The van der Waals surface area contributed by atoms with Crippen molar-refractivity contribution >= 4 is 5.69 Å². The lowest BCUT2D eigenvalue weighted by Gasteiger charge is -2.24. The summed E-state index contributed by atoms with van der Waals surface area (Å²) in [6, 6.07) is 10.2. The lowest BCUT2D eigenvalue weighted by atomic mass is 10.0. The van der Waals surface area contributed by atoms with Crippen LogP contribution in [0.4, 0.5) is 14.5 Å². The molecule has 126 valence electrons. The van der Waals surface area contributed by atoms with Crippen LogP contribution < -0.4 is 0 Å². The lowest BCUT2D eigenvalue weighted by Crippen LogP contribution is -2.31. The molecule has 24 heavy (non-hydrogen) atoms. The molecule has 0 saturated carbocycles. The molecule has 1 aliphatic heterocycles. The number of benzene rings is 2. The van der Waals surface area contributed by atoms with Gasteiger partial charge in [0.1, 0.15) is 11.6 Å². The molecule has 0 radical (unpaired) electrons. The molecule has 0 spiro atoms. The van der Waals surface area contributed by atoms with Crippen molar-refractivity contribution in [1.82, 2.24) is 4.90 Å². The van der Waals surface area contributed by atoms with Crippen molar-refractivity contribution in [3.63, 3.8) is 0 Å². The van der Waals surface area contributed by atoms with E-state index in [1.807, 2.05) is 6.07 Å². The van der Waals surface area contributed by atoms with Gasteiger partial charge >= 0.3 is 0 Å². The van der Waals surface area contributed by atoms with E-state index in [0.717, 1.165) is 31.0 Å². The number of rotatable bonds is 5. The third-order valence-electron chi connectivity index (χ3n) is 4.47. The molecule has 1 fully saturated rings. The van der Waals surface area contributed by atoms with Gasteiger partial charge in [0.2, 0.25) is 0 Å². The van der Waals surface area contributed by atoms with Crippen LogP contribution in [0.25, 0.3) is 0 Å². The first-order valence-corrected chi connectivity index (χ1v) is 7.94. The van der Waals surface area contributed by atoms with Crippen molar-refractivity contribution in [1.29, 1.82) is 0 Å². The third kappa shape index (κ3) is 3.76. The molecule has 0 aromatic heterocycles. The van der Waals surface area contributed by atoms with Gasteiger partial charge in [0.05, 0.1) is 4.92 Å². The quantitative estimate of drug-likeness (QED) is 0.612. The minimum atomic E-state index is -0.480. The summed E-state index contributed by atoms with van der Waals surface area (Å²) in [5.74, 6) is -0.741.